The number of rotatable bonds is 2. The smallest absolute Gasteiger partial charge is 0.232 e. The summed E-state index contributed by atoms with van der Waals surface area (Å²) in [7, 11) is 0. The Kier molecular flexibility index (Phi) is 3.40. The molecule has 0 fully saturated rings. The van der Waals surface area contributed by atoms with Gasteiger partial charge in [-0.05, 0) is 42.3 Å². The largest absolute Gasteiger partial charge is 0.508 e. The van der Waals surface area contributed by atoms with Gasteiger partial charge < -0.3 is 10.4 Å². The number of aromatic hydroxyl groups is 1. The Labute approximate surface area is 122 Å². The average molecular weight is 285 g/mol. The maximum absolute atomic E-state index is 12.4. The molecule has 1 unspecified atom stereocenters. The normalized spacial score (nSPS) is 16.8. The molecular formula is C16H15NO2S. The highest BCUT2D eigenvalue weighted by molar-refractivity contribution is 7.99. The number of phenolic OH excluding ortho intramolecular Hbond substituents is 1. The van der Waals surface area contributed by atoms with Gasteiger partial charge in [0.15, 0.2) is 0 Å². The first-order valence-corrected chi connectivity index (χ1v) is 7.46. The fourth-order valence-corrected chi connectivity index (χ4v) is 3.62. The molecule has 3 rings (SSSR count). The van der Waals surface area contributed by atoms with Crippen molar-refractivity contribution < 1.29 is 9.90 Å². The lowest BCUT2D eigenvalue weighted by molar-refractivity contribution is -0.117. The third-order valence-electron chi connectivity index (χ3n) is 3.48. The van der Waals surface area contributed by atoms with E-state index >= 15 is 0 Å². The van der Waals surface area contributed by atoms with Crippen LogP contribution in [0.25, 0.3) is 0 Å². The van der Waals surface area contributed by atoms with Crippen LogP contribution in [0.2, 0.25) is 0 Å². The topological polar surface area (TPSA) is 49.3 Å². The van der Waals surface area contributed by atoms with Gasteiger partial charge in [0, 0.05) is 16.3 Å². The van der Waals surface area contributed by atoms with E-state index in [4.69, 9.17) is 0 Å². The van der Waals surface area contributed by atoms with Gasteiger partial charge >= 0.3 is 0 Å². The molecule has 0 saturated heterocycles. The first-order valence-electron chi connectivity index (χ1n) is 6.47. The lowest BCUT2D eigenvalue weighted by atomic mass is 10.0. The highest BCUT2D eigenvalue weighted by atomic mass is 32.2. The highest BCUT2D eigenvalue weighted by Gasteiger charge is 2.29. The molecule has 1 amide bonds. The van der Waals surface area contributed by atoms with E-state index in [0.717, 1.165) is 22.6 Å². The predicted octanol–water partition coefficient (Wildman–Crippen LogP) is 3.53. The molecule has 20 heavy (non-hydrogen) atoms. The molecular weight excluding hydrogens is 270 g/mol. The summed E-state index contributed by atoms with van der Waals surface area (Å²) in [6.45, 7) is 1.87. The molecule has 2 aromatic carbocycles. The lowest BCUT2D eigenvalue weighted by Crippen LogP contribution is -2.21. The lowest BCUT2D eigenvalue weighted by Gasteiger charge is -2.13. The van der Waals surface area contributed by atoms with E-state index < -0.39 is 0 Å². The summed E-state index contributed by atoms with van der Waals surface area (Å²) in [6, 6.07) is 13.0. The molecule has 2 N–H and O–H groups in total. The van der Waals surface area contributed by atoms with E-state index in [2.05, 4.69) is 11.4 Å². The number of hydrogen-bond donors (Lipinski definition) is 2. The van der Waals surface area contributed by atoms with E-state index in [-0.39, 0.29) is 17.6 Å². The second-order valence-corrected chi connectivity index (χ2v) is 5.95. The molecule has 102 valence electrons. The second-order valence-electron chi connectivity index (χ2n) is 4.89. The zero-order valence-corrected chi connectivity index (χ0v) is 11.9. The van der Waals surface area contributed by atoms with Crippen LogP contribution >= 0.6 is 11.8 Å². The summed E-state index contributed by atoms with van der Waals surface area (Å²) >= 11 is 1.72. The molecule has 1 heterocycles. The van der Waals surface area contributed by atoms with Crippen molar-refractivity contribution in [1.29, 1.82) is 0 Å². The average Bonchev–Trinajstić information content (AvgIpc) is 2.86. The second kappa shape index (κ2) is 5.21. The quantitative estimate of drug-likeness (QED) is 0.830. The molecule has 1 aliphatic rings. The van der Waals surface area contributed by atoms with E-state index in [0.29, 0.717) is 0 Å². The van der Waals surface area contributed by atoms with Crippen molar-refractivity contribution in [3.05, 3.63) is 53.6 Å². The van der Waals surface area contributed by atoms with E-state index in [1.807, 2.05) is 25.1 Å². The molecule has 0 radical (unpaired) electrons. The van der Waals surface area contributed by atoms with E-state index in [9.17, 15) is 9.90 Å². The Morgan fingerprint density at radius 2 is 2.10 bits per heavy atom. The minimum atomic E-state index is -0.107. The van der Waals surface area contributed by atoms with Crippen LogP contribution in [0.15, 0.2) is 47.4 Å². The Morgan fingerprint density at radius 3 is 2.90 bits per heavy atom. The monoisotopic (exact) mass is 285 g/mol. The van der Waals surface area contributed by atoms with Crippen LogP contribution in [-0.2, 0) is 4.79 Å². The van der Waals surface area contributed by atoms with Gasteiger partial charge in [0.05, 0.1) is 5.92 Å². The Hall–Kier alpha value is -1.94. The molecule has 0 spiro atoms. The van der Waals surface area contributed by atoms with Gasteiger partial charge in [-0.15, -0.1) is 11.8 Å². The fourth-order valence-electron chi connectivity index (χ4n) is 2.39. The standard InChI is InChI=1S/C16H15NO2S/c1-10-8-11(18)6-7-14(10)17-16(19)13-9-20-15-5-3-2-4-12(13)15/h2-8,13,18H,9H2,1H3,(H,17,19). The van der Waals surface area contributed by atoms with E-state index in [1.165, 1.54) is 4.90 Å². The summed E-state index contributed by atoms with van der Waals surface area (Å²) in [5, 5.41) is 12.4. The molecule has 0 aliphatic carbocycles. The number of aryl methyl sites for hydroxylation is 1. The predicted molar refractivity (Wildman–Crippen MR) is 81.4 cm³/mol. The van der Waals surface area contributed by atoms with Crippen molar-refractivity contribution in [2.45, 2.75) is 17.7 Å². The number of hydrogen-bond acceptors (Lipinski definition) is 3. The van der Waals surface area contributed by atoms with Crippen LogP contribution in [0.3, 0.4) is 0 Å². The van der Waals surface area contributed by atoms with Crippen molar-refractivity contribution >= 4 is 23.4 Å². The maximum Gasteiger partial charge on any atom is 0.232 e. The molecule has 0 bridgehead atoms. The first-order chi connectivity index (χ1) is 9.65. The highest BCUT2D eigenvalue weighted by Crippen LogP contribution is 2.39. The van der Waals surface area contributed by atoms with Gasteiger partial charge in [0.25, 0.3) is 0 Å². The summed E-state index contributed by atoms with van der Waals surface area (Å²) in [4.78, 5) is 13.6. The third kappa shape index (κ3) is 2.39. The molecule has 3 nitrogen and oxygen atoms in total. The number of benzene rings is 2. The van der Waals surface area contributed by atoms with Crippen LogP contribution in [0, 0.1) is 6.92 Å². The van der Waals surface area contributed by atoms with Crippen molar-refractivity contribution in [2.75, 3.05) is 11.1 Å². The van der Waals surface area contributed by atoms with Crippen molar-refractivity contribution in [3.8, 4) is 5.75 Å². The van der Waals surface area contributed by atoms with Crippen LogP contribution in [0.5, 0.6) is 5.75 Å². The third-order valence-corrected chi connectivity index (χ3v) is 4.67. The van der Waals surface area contributed by atoms with E-state index in [1.54, 1.807) is 30.0 Å². The van der Waals surface area contributed by atoms with Crippen LogP contribution < -0.4 is 5.32 Å². The number of carbonyl (C=O) groups excluding carboxylic acids is 1. The number of amides is 1. The van der Waals surface area contributed by atoms with Crippen LogP contribution in [-0.4, -0.2) is 16.8 Å². The number of nitrogens with one attached hydrogen (secondary N) is 1. The molecule has 0 aromatic heterocycles. The van der Waals surface area contributed by atoms with Crippen molar-refractivity contribution in [2.24, 2.45) is 0 Å². The fraction of sp³-hybridized carbons (Fsp3) is 0.188. The van der Waals surface area contributed by atoms with Gasteiger partial charge in [-0.2, -0.15) is 0 Å². The molecule has 4 heteroatoms. The minimum Gasteiger partial charge on any atom is -0.508 e. The Morgan fingerprint density at radius 1 is 1.30 bits per heavy atom. The maximum atomic E-state index is 12.4. The SMILES string of the molecule is Cc1cc(O)ccc1NC(=O)C1CSc2ccccc21. The van der Waals surface area contributed by atoms with Gasteiger partial charge in [-0.1, -0.05) is 18.2 Å². The number of phenols is 1. The first kappa shape index (κ1) is 13.1. The van der Waals surface area contributed by atoms with Gasteiger partial charge in [0.2, 0.25) is 5.91 Å². The summed E-state index contributed by atoms with van der Waals surface area (Å²) in [6.07, 6.45) is 0. The molecule has 1 aliphatic heterocycles. The molecule has 2 aromatic rings. The minimum absolute atomic E-state index is 0.0104. The van der Waals surface area contributed by atoms with Gasteiger partial charge in [-0.3, -0.25) is 4.79 Å². The number of carbonyl (C=O) groups is 1. The summed E-state index contributed by atoms with van der Waals surface area (Å²) < 4.78 is 0. The number of anilines is 1. The van der Waals surface area contributed by atoms with Crippen molar-refractivity contribution in [3.63, 3.8) is 0 Å². The zero-order valence-electron chi connectivity index (χ0n) is 11.1. The molecule has 1 atom stereocenters. The summed E-state index contributed by atoms with van der Waals surface area (Å²) in [5.41, 5.74) is 2.71. The van der Waals surface area contributed by atoms with Crippen LogP contribution in [0.1, 0.15) is 17.0 Å². The van der Waals surface area contributed by atoms with Gasteiger partial charge in [0.1, 0.15) is 5.75 Å². The summed E-state index contributed by atoms with van der Waals surface area (Å²) in [5.74, 6) is 0.894. The van der Waals surface area contributed by atoms with Crippen LogP contribution in [0.4, 0.5) is 5.69 Å². The zero-order chi connectivity index (χ0) is 14.1. The number of fused-ring (bicyclic) bond motifs is 1. The Balaban J connectivity index is 1.81. The Bertz CT molecular complexity index is 669. The van der Waals surface area contributed by atoms with Gasteiger partial charge in [-0.25, -0.2) is 0 Å². The van der Waals surface area contributed by atoms with Crippen molar-refractivity contribution in [1.82, 2.24) is 0 Å². The number of thioether (sulfide) groups is 1. The molecule has 0 saturated carbocycles.